The Morgan fingerprint density at radius 3 is 1.21 bits per heavy atom. The third-order valence-electron chi connectivity index (χ3n) is 0.778. The molecule has 14 heavy (non-hydrogen) atoms. The molecular formula is C10H7O3V+. The van der Waals surface area contributed by atoms with E-state index in [0.29, 0.717) is 0 Å². The minimum absolute atomic E-state index is 0. The van der Waals surface area contributed by atoms with E-state index < -0.39 is 0 Å². The van der Waals surface area contributed by atoms with Gasteiger partial charge in [0, 0.05) is 61.0 Å². The minimum Gasteiger partial charge on any atom is 0 e. The van der Waals surface area contributed by atoms with Crippen LogP contribution in [0.5, 0.6) is 0 Å². The Morgan fingerprint density at radius 2 is 0.929 bits per heavy atom. The molecular weight excluding hydrogens is 219 g/mol. The molecule has 0 spiro atoms. The van der Waals surface area contributed by atoms with E-state index in [4.69, 9.17) is 14.0 Å². The van der Waals surface area contributed by atoms with Crippen molar-refractivity contribution in [2.45, 2.75) is 0 Å². The number of hydrogen-bond donors (Lipinski definition) is 0. The molecule has 1 radical (unpaired) electrons. The second-order valence-electron chi connectivity index (χ2n) is 1.35. The van der Waals surface area contributed by atoms with E-state index in [-0.39, 0.29) is 18.6 Å². The molecule has 0 atom stereocenters. The van der Waals surface area contributed by atoms with Gasteiger partial charge in [0.15, 0.2) is 0 Å². The van der Waals surface area contributed by atoms with Crippen molar-refractivity contribution in [1.29, 1.82) is 0 Å². The van der Waals surface area contributed by atoms with Crippen molar-refractivity contribution in [2.75, 3.05) is 0 Å². The fourth-order valence-corrected chi connectivity index (χ4v) is 0.449. The van der Waals surface area contributed by atoms with E-state index in [1.165, 1.54) is 0 Å². The van der Waals surface area contributed by atoms with Crippen molar-refractivity contribution in [3.05, 3.63) is 62.4 Å². The zero-order valence-corrected chi connectivity index (χ0v) is 8.61. The molecule has 0 aromatic heterocycles. The maximum absolute atomic E-state index is 7.50. The normalized spacial score (nSPS) is 4.43. The van der Waals surface area contributed by atoms with Crippen molar-refractivity contribution in [3.8, 4) is 0 Å². The first-order valence-electron chi connectivity index (χ1n) is 2.95. The summed E-state index contributed by atoms with van der Waals surface area (Å²) in [5.41, 5.74) is 0. The van der Waals surface area contributed by atoms with Gasteiger partial charge in [-0.1, -0.05) is 0 Å². The molecule has 0 N–H and O–H groups in total. The van der Waals surface area contributed by atoms with Gasteiger partial charge < -0.3 is 0 Å². The van der Waals surface area contributed by atoms with Gasteiger partial charge in [0.2, 0.25) is 0 Å². The summed E-state index contributed by atoms with van der Waals surface area (Å²) >= 11 is 0. The van der Waals surface area contributed by atoms with Crippen LogP contribution in [0.4, 0.5) is 0 Å². The second-order valence-corrected chi connectivity index (χ2v) is 1.35. The van der Waals surface area contributed by atoms with Gasteiger partial charge >= 0.3 is 33.9 Å². The van der Waals surface area contributed by atoms with Gasteiger partial charge in [-0.15, -0.1) is 0 Å². The summed E-state index contributed by atoms with van der Waals surface area (Å²) in [5, 5.41) is 0. The van der Waals surface area contributed by atoms with Crippen LogP contribution in [0, 0.1) is 20.0 Å². The predicted octanol–water partition coefficient (Wildman–Crippen LogP) is 1.85. The third kappa shape index (κ3) is 30.7. The van der Waals surface area contributed by atoms with Crippen molar-refractivity contribution in [2.24, 2.45) is 0 Å². The molecule has 0 bridgehead atoms. The molecule has 0 aliphatic heterocycles. The van der Waals surface area contributed by atoms with E-state index in [9.17, 15) is 0 Å². The third-order valence-corrected chi connectivity index (χ3v) is 0.778. The average Bonchev–Trinajstić information content (AvgIpc) is 2.58. The van der Waals surface area contributed by atoms with Crippen molar-refractivity contribution >= 4 is 0 Å². The molecule has 0 aliphatic rings. The summed E-state index contributed by atoms with van der Waals surface area (Å²) in [5.74, 6) is 0. The van der Waals surface area contributed by atoms with Crippen LogP contribution in [-0.4, -0.2) is 0 Å². The fourth-order valence-electron chi connectivity index (χ4n) is 0.449. The molecule has 1 aromatic rings. The van der Waals surface area contributed by atoms with Crippen molar-refractivity contribution in [3.63, 3.8) is 0 Å². The summed E-state index contributed by atoms with van der Waals surface area (Å²) < 4.78 is 22.5. The Kier molecular flexibility index (Phi) is 66.9. The Balaban J connectivity index is -0.0000000625. The van der Waals surface area contributed by atoms with Gasteiger partial charge in [-0.25, -0.2) is 0 Å². The quantitative estimate of drug-likeness (QED) is 0.478. The topological polar surface area (TPSA) is 59.7 Å². The average molecular weight is 226 g/mol. The predicted molar refractivity (Wildman–Crippen MR) is 42.6 cm³/mol. The molecule has 1 rings (SSSR count). The Bertz CT molecular complexity index is 182. The van der Waals surface area contributed by atoms with Crippen LogP contribution in [-0.2, 0) is 32.5 Å². The summed E-state index contributed by atoms with van der Waals surface area (Å²) in [7, 11) is 0. The maximum atomic E-state index is 7.50. The Labute approximate surface area is 95.2 Å². The van der Waals surface area contributed by atoms with Crippen LogP contribution >= 0.6 is 0 Å². The first-order valence-corrected chi connectivity index (χ1v) is 2.95. The van der Waals surface area contributed by atoms with E-state index in [2.05, 4.69) is 20.0 Å². The largest absolute Gasteiger partial charge is 0.0467 e. The summed E-state index contributed by atoms with van der Waals surface area (Å²) in [4.78, 5) is 0. The molecule has 0 heterocycles. The van der Waals surface area contributed by atoms with Gasteiger partial charge in [0.05, 0.1) is 0 Å². The molecule has 0 aliphatic carbocycles. The van der Waals surface area contributed by atoms with E-state index in [0.717, 1.165) is 0 Å². The molecule has 0 fully saturated rings. The van der Waals surface area contributed by atoms with Crippen molar-refractivity contribution < 1.29 is 32.5 Å². The first-order chi connectivity index (χ1) is 6.50. The van der Waals surface area contributed by atoms with Gasteiger partial charge in [-0.2, -0.15) is 0 Å². The summed E-state index contributed by atoms with van der Waals surface area (Å²) in [6.45, 7) is 13.5. The monoisotopic (exact) mass is 226 g/mol. The van der Waals surface area contributed by atoms with E-state index in [1.54, 1.807) is 0 Å². The van der Waals surface area contributed by atoms with Crippen LogP contribution in [0.25, 0.3) is 0 Å². The first kappa shape index (κ1) is 23.1. The maximum Gasteiger partial charge on any atom is 0.0467 e. The molecule has 4 heteroatoms. The number of hydrogen-bond acceptors (Lipinski definition) is 0. The fraction of sp³-hybridized carbons (Fsp3) is 0. The molecule has 0 amide bonds. The summed E-state index contributed by atoms with van der Waals surface area (Å²) in [6, 6.07) is 14.0. The second kappa shape index (κ2) is 40.6. The van der Waals surface area contributed by atoms with Gasteiger partial charge in [-0.05, 0) is 0 Å². The van der Waals surface area contributed by atoms with Crippen LogP contribution in [0.15, 0.2) is 42.5 Å². The van der Waals surface area contributed by atoms with Crippen LogP contribution in [0.2, 0.25) is 0 Å². The van der Waals surface area contributed by atoms with E-state index in [1.807, 2.05) is 42.5 Å². The molecule has 0 saturated carbocycles. The molecule has 0 saturated heterocycles. The van der Waals surface area contributed by atoms with Crippen LogP contribution in [0.1, 0.15) is 0 Å². The zero-order chi connectivity index (χ0) is 10.9. The zero-order valence-electron chi connectivity index (χ0n) is 7.21. The number of rotatable bonds is 0. The van der Waals surface area contributed by atoms with Crippen LogP contribution < -0.4 is 0 Å². The molecule has 69 valence electrons. The van der Waals surface area contributed by atoms with Crippen molar-refractivity contribution in [1.82, 2.24) is 0 Å². The standard InChI is InChI=1S/C7H7.3CO.V/c1-2-4-6-7-5-3-1;3*1-2;/h1-7H;;;;/q+1;;;;. The molecule has 3 nitrogen and oxygen atoms in total. The van der Waals surface area contributed by atoms with Gasteiger partial charge in [0.1, 0.15) is 0 Å². The van der Waals surface area contributed by atoms with Crippen LogP contribution in [0.3, 0.4) is 0 Å². The Hall–Kier alpha value is -1.11. The SMILES string of the molecule is [C-]#[O+].[C-]#[O+].[C-]#[O+].[V].c1ccc[cH+]cc1. The summed E-state index contributed by atoms with van der Waals surface area (Å²) in [6.07, 6.45) is 0. The molecule has 0 unspecified atom stereocenters. The van der Waals surface area contributed by atoms with Gasteiger partial charge in [-0.3, -0.25) is 0 Å². The van der Waals surface area contributed by atoms with E-state index >= 15 is 0 Å². The minimum atomic E-state index is 0. The Morgan fingerprint density at radius 1 is 0.643 bits per heavy atom. The van der Waals surface area contributed by atoms with Gasteiger partial charge in [0.25, 0.3) is 0 Å². The molecule has 1 aromatic carbocycles. The smallest absolute Gasteiger partial charge is 0 e.